The van der Waals surface area contributed by atoms with E-state index in [4.69, 9.17) is 4.74 Å². The molecule has 0 aliphatic carbocycles. The van der Waals surface area contributed by atoms with E-state index in [0.717, 1.165) is 68.2 Å². The summed E-state index contributed by atoms with van der Waals surface area (Å²) in [5.41, 5.74) is 2.13. The minimum absolute atomic E-state index is 0. The van der Waals surface area contributed by atoms with Gasteiger partial charge < -0.3 is 20.4 Å². The molecule has 1 atom stereocenters. The monoisotopic (exact) mass is 443 g/mol. The number of para-hydroxylation sites is 2. The van der Waals surface area contributed by atoms with Crippen LogP contribution in [0.4, 0.5) is 0 Å². The highest BCUT2D eigenvalue weighted by molar-refractivity contribution is 14.0. The van der Waals surface area contributed by atoms with Gasteiger partial charge in [0.25, 0.3) is 0 Å². The molecular formula is C17H26IN5O. The molecule has 7 heteroatoms. The number of rotatable bonds is 6. The summed E-state index contributed by atoms with van der Waals surface area (Å²) in [6.45, 7) is 2.57. The fraction of sp³-hybridized carbons (Fsp3) is 0.529. The highest BCUT2D eigenvalue weighted by Gasteiger charge is 2.15. The number of guanidine groups is 1. The Bertz CT molecular complexity index is 618. The minimum atomic E-state index is 0. The van der Waals surface area contributed by atoms with Crippen LogP contribution in [0.15, 0.2) is 29.3 Å². The molecule has 1 aromatic heterocycles. The molecule has 0 amide bonds. The van der Waals surface area contributed by atoms with Gasteiger partial charge in [0, 0.05) is 33.2 Å². The van der Waals surface area contributed by atoms with Gasteiger partial charge in [0.1, 0.15) is 5.82 Å². The van der Waals surface area contributed by atoms with E-state index in [-0.39, 0.29) is 24.0 Å². The molecule has 6 nitrogen and oxygen atoms in total. The zero-order chi connectivity index (χ0) is 15.9. The number of halogens is 1. The van der Waals surface area contributed by atoms with E-state index in [0.29, 0.717) is 6.10 Å². The molecule has 3 N–H and O–H groups in total. The Hall–Kier alpha value is -1.35. The van der Waals surface area contributed by atoms with Gasteiger partial charge in [-0.25, -0.2) is 4.98 Å². The van der Waals surface area contributed by atoms with E-state index < -0.39 is 0 Å². The zero-order valence-electron chi connectivity index (χ0n) is 14.0. The van der Waals surface area contributed by atoms with Crippen molar-refractivity contribution in [3.8, 4) is 0 Å². The second-order valence-electron chi connectivity index (χ2n) is 5.82. The number of aromatic nitrogens is 2. The number of nitrogens with zero attached hydrogens (tertiary/aromatic N) is 2. The maximum Gasteiger partial charge on any atom is 0.191 e. The second kappa shape index (κ2) is 9.83. The summed E-state index contributed by atoms with van der Waals surface area (Å²) in [5, 5.41) is 6.66. The van der Waals surface area contributed by atoms with Crippen molar-refractivity contribution in [1.29, 1.82) is 0 Å². The van der Waals surface area contributed by atoms with Crippen molar-refractivity contribution in [1.82, 2.24) is 20.6 Å². The number of hydrogen-bond donors (Lipinski definition) is 3. The highest BCUT2D eigenvalue weighted by atomic mass is 127. The molecule has 0 radical (unpaired) electrons. The minimum Gasteiger partial charge on any atom is -0.376 e. The van der Waals surface area contributed by atoms with Gasteiger partial charge in [-0.1, -0.05) is 12.1 Å². The first-order chi connectivity index (χ1) is 11.3. The summed E-state index contributed by atoms with van der Waals surface area (Å²) in [6.07, 6.45) is 4.54. The average molecular weight is 443 g/mol. The van der Waals surface area contributed by atoms with Crippen molar-refractivity contribution >= 4 is 41.0 Å². The van der Waals surface area contributed by atoms with Gasteiger partial charge in [0.15, 0.2) is 5.96 Å². The van der Waals surface area contributed by atoms with Crippen molar-refractivity contribution in [3.63, 3.8) is 0 Å². The smallest absolute Gasteiger partial charge is 0.191 e. The molecule has 0 saturated carbocycles. The predicted octanol–water partition coefficient (Wildman–Crippen LogP) is 2.46. The van der Waals surface area contributed by atoms with Crippen LogP contribution in [0.1, 0.15) is 25.1 Å². The average Bonchev–Trinajstić information content (AvgIpc) is 3.23. The Balaban J connectivity index is 0.00000208. The van der Waals surface area contributed by atoms with Crippen molar-refractivity contribution in [3.05, 3.63) is 30.1 Å². The van der Waals surface area contributed by atoms with Crippen LogP contribution in [0.2, 0.25) is 0 Å². The lowest BCUT2D eigenvalue weighted by molar-refractivity contribution is 0.114. The van der Waals surface area contributed by atoms with E-state index in [1.54, 1.807) is 7.05 Å². The largest absolute Gasteiger partial charge is 0.376 e. The van der Waals surface area contributed by atoms with E-state index in [1.807, 2.05) is 18.2 Å². The number of ether oxygens (including phenoxy) is 1. The summed E-state index contributed by atoms with van der Waals surface area (Å²) >= 11 is 0. The molecule has 0 bridgehead atoms. The molecule has 2 heterocycles. The molecule has 1 aliphatic rings. The third kappa shape index (κ3) is 5.34. The van der Waals surface area contributed by atoms with Crippen LogP contribution in [-0.2, 0) is 11.2 Å². The van der Waals surface area contributed by atoms with Gasteiger partial charge in [0.05, 0.1) is 17.1 Å². The van der Waals surface area contributed by atoms with Gasteiger partial charge >= 0.3 is 0 Å². The van der Waals surface area contributed by atoms with Crippen molar-refractivity contribution in [2.24, 2.45) is 4.99 Å². The Kier molecular flexibility index (Phi) is 7.77. The summed E-state index contributed by atoms with van der Waals surface area (Å²) in [4.78, 5) is 12.2. The van der Waals surface area contributed by atoms with E-state index in [1.165, 1.54) is 0 Å². The fourth-order valence-electron chi connectivity index (χ4n) is 2.82. The number of H-pyrrole nitrogens is 1. The quantitative estimate of drug-likeness (QED) is 0.278. The Morgan fingerprint density at radius 2 is 2.25 bits per heavy atom. The number of aliphatic imine (C=N–C) groups is 1. The summed E-state index contributed by atoms with van der Waals surface area (Å²) in [7, 11) is 1.80. The first-order valence-corrected chi connectivity index (χ1v) is 8.35. The molecule has 24 heavy (non-hydrogen) atoms. The number of aryl methyl sites for hydroxylation is 1. The molecule has 1 aromatic carbocycles. The molecule has 1 aliphatic heterocycles. The van der Waals surface area contributed by atoms with Crippen LogP contribution in [0.25, 0.3) is 11.0 Å². The van der Waals surface area contributed by atoms with Crippen LogP contribution < -0.4 is 10.6 Å². The first kappa shape index (κ1) is 19.0. The van der Waals surface area contributed by atoms with Crippen molar-refractivity contribution < 1.29 is 4.74 Å². The van der Waals surface area contributed by atoms with Gasteiger partial charge in [-0.2, -0.15) is 0 Å². The van der Waals surface area contributed by atoms with E-state index in [9.17, 15) is 0 Å². The van der Waals surface area contributed by atoms with Crippen molar-refractivity contribution in [2.75, 3.05) is 26.7 Å². The maximum atomic E-state index is 5.60. The Morgan fingerprint density at radius 3 is 3.00 bits per heavy atom. The van der Waals surface area contributed by atoms with Crippen molar-refractivity contribution in [2.45, 2.75) is 31.8 Å². The highest BCUT2D eigenvalue weighted by Crippen LogP contribution is 2.11. The molecule has 132 valence electrons. The number of benzene rings is 1. The van der Waals surface area contributed by atoms with Crippen LogP contribution in [0.5, 0.6) is 0 Å². The number of imidazole rings is 1. The Morgan fingerprint density at radius 1 is 1.38 bits per heavy atom. The standard InChI is InChI=1S/C17H25N5O.HI/c1-18-17(20-12-13-6-5-11-23-13)19-10-4-9-16-21-14-7-2-3-8-15(14)22-16;/h2-3,7-8,13H,4-6,9-12H2,1H3,(H,21,22)(H2,18,19,20);1H. The lowest BCUT2D eigenvalue weighted by atomic mass is 10.2. The summed E-state index contributed by atoms with van der Waals surface area (Å²) in [6, 6.07) is 8.12. The number of nitrogens with one attached hydrogen (secondary N) is 3. The second-order valence-corrected chi connectivity index (χ2v) is 5.82. The van der Waals surface area contributed by atoms with E-state index in [2.05, 4.69) is 31.7 Å². The van der Waals surface area contributed by atoms with Gasteiger partial charge in [-0.05, 0) is 31.4 Å². The third-order valence-corrected chi connectivity index (χ3v) is 4.07. The molecule has 2 aromatic rings. The van der Waals surface area contributed by atoms with Gasteiger partial charge in [-0.15, -0.1) is 24.0 Å². The van der Waals surface area contributed by atoms with Crippen LogP contribution in [0.3, 0.4) is 0 Å². The molecular weight excluding hydrogens is 417 g/mol. The third-order valence-electron chi connectivity index (χ3n) is 4.07. The Labute approximate surface area is 159 Å². The van der Waals surface area contributed by atoms with Gasteiger partial charge in [-0.3, -0.25) is 4.99 Å². The van der Waals surface area contributed by atoms with E-state index >= 15 is 0 Å². The van der Waals surface area contributed by atoms with Crippen LogP contribution in [0, 0.1) is 0 Å². The number of fused-ring (bicyclic) bond motifs is 1. The summed E-state index contributed by atoms with van der Waals surface area (Å²) < 4.78 is 5.60. The SMILES string of the molecule is CN=C(NCCCc1nc2ccccc2[nH]1)NCC1CCCO1.I. The molecule has 1 saturated heterocycles. The topological polar surface area (TPSA) is 74.3 Å². The number of hydrogen-bond acceptors (Lipinski definition) is 3. The predicted molar refractivity (Wildman–Crippen MR) is 108 cm³/mol. The van der Waals surface area contributed by atoms with Crippen LogP contribution in [-0.4, -0.2) is 48.8 Å². The summed E-state index contributed by atoms with van der Waals surface area (Å²) in [5.74, 6) is 1.88. The lowest BCUT2D eigenvalue weighted by Crippen LogP contribution is -2.41. The van der Waals surface area contributed by atoms with Gasteiger partial charge in [0.2, 0.25) is 0 Å². The fourth-order valence-corrected chi connectivity index (χ4v) is 2.82. The van der Waals surface area contributed by atoms with Crippen LogP contribution >= 0.6 is 24.0 Å². The molecule has 3 rings (SSSR count). The molecule has 1 unspecified atom stereocenters. The number of aromatic amines is 1. The molecule has 0 spiro atoms. The zero-order valence-corrected chi connectivity index (χ0v) is 16.4. The first-order valence-electron chi connectivity index (χ1n) is 8.35. The maximum absolute atomic E-state index is 5.60. The lowest BCUT2D eigenvalue weighted by Gasteiger charge is -2.14. The molecule has 1 fully saturated rings. The normalized spacial score (nSPS) is 17.7.